The van der Waals surface area contributed by atoms with Crippen molar-refractivity contribution in [3.63, 3.8) is 0 Å². The third kappa shape index (κ3) is 6.63. The Balaban J connectivity index is 0.00000169. The largest absolute Gasteiger partial charge is 0.376 e. The molecular weight excluding hydrogens is 198 g/mol. The predicted octanol–water partition coefficient (Wildman–Crippen LogP) is 2.61. The maximum Gasteiger partial charge on any atom is 0.0700 e. The zero-order valence-electron chi connectivity index (χ0n) is 9.64. The number of halogens is 1. The molecule has 1 unspecified atom stereocenters. The molecule has 0 saturated carbocycles. The summed E-state index contributed by atoms with van der Waals surface area (Å²) in [5.74, 6) is 0. The van der Waals surface area contributed by atoms with Crippen molar-refractivity contribution in [1.29, 1.82) is 0 Å². The molecule has 0 radical (unpaired) electrons. The monoisotopic (exact) mass is 221 g/mol. The Kier molecular flexibility index (Phi) is 6.75. The van der Waals surface area contributed by atoms with E-state index in [1.165, 1.54) is 19.3 Å². The molecule has 1 N–H and O–H groups in total. The first-order chi connectivity index (χ1) is 6.08. The van der Waals surface area contributed by atoms with Gasteiger partial charge in [0.2, 0.25) is 0 Å². The molecule has 3 heteroatoms. The molecule has 1 rings (SSSR count). The fourth-order valence-electron chi connectivity index (χ4n) is 1.67. The summed E-state index contributed by atoms with van der Waals surface area (Å²) in [5.41, 5.74) is 0.474. The van der Waals surface area contributed by atoms with Crippen LogP contribution in [-0.4, -0.2) is 25.8 Å². The molecule has 0 bridgehead atoms. The van der Waals surface area contributed by atoms with Gasteiger partial charge in [-0.05, 0) is 18.3 Å². The van der Waals surface area contributed by atoms with Crippen LogP contribution in [0.3, 0.4) is 0 Å². The van der Waals surface area contributed by atoms with E-state index in [1.54, 1.807) is 0 Å². The Bertz CT molecular complexity index is 139. The van der Waals surface area contributed by atoms with Crippen molar-refractivity contribution in [2.45, 2.75) is 46.1 Å². The molecule has 1 fully saturated rings. The van der Waals surface area contributed by atoms with Crippen molar-refractivity contribution >= 4 is 12.4 Å². The Morgan fingerprint density at radius 1 is 1.36 bits per heavy atom. The first-order valence-electron chi connectivity index (χ1n) is 5.40. The molecule has 1 aliphatic rings. The zero-order valence-corrected chi connectivity index (χ0v) is 10.5. The number of ether oxygens (including phenoxy) is 1. The van der Waals surface area contributed by atoms with Gasteiger partial charge < -0.3 is 10.1 Å². The molecular formula is C11H24ClNO. The van der Waals surface area contributed by atoms with Gasteiger partial charge in [0.25, 0.3) is 0 Å². The molecule has 0 aliphatic carbocycles. The van der Waals surface area contributed by atoms with E-state index in [-0.39, 0.29) is 12.4 Å². The van der Waals surface area contributed by atoms with Crippen LogP contribution in [0.15, 0.2) is 0 Å². The lowest BCUT2D eigenvalue weighted by atomic mass is 9.89. The van der Waals surface area contributed by atoms with E-state index < -0.39 is 0 Å². The van der Waals surface area contributed by atoms with Crippen LogP contribution in [0.2, 0.25) is 0 Å². The molecule has 0 spiro atoms. The Labute approximate surface area is 94.2 Å². The smallest absolute Gasteiger partial charge is 0.0700 e. The number of hydrogen-bond donors (Lipinski definition) is 1. The van der Waals surface area contributed by atoms with Gasteiger partial charge in [-0.3, -0.25) is 0 Å². The fourth-order valence-corrected chi connectivity index (χ4v) is 1.67. The standard InChI is InChI=1S/C11H23NO.ClH/c1-11(2,3)6-4-5-10-9-12-7-8-13-10;/h10,12H,4-9H2,1-3H3;1H. The second-order valence-corrected chi connectivity index (χ2v) is 5.15. The molecule has 0 aromatic heterocycles. The minimum atomic E-state index is 0. The van der Waals surface area contributed by atoms with Gasteiger partial charge in [-0.1, -0.05) is 27.2 Å². The topological polar surface area (TPSA) is 21.3 Å². The lowest BCUT2D eigenvalue weighted by Crippen LogP contribution is -2.38. The van der Waals surface area contributed by atoms with Crippen molar-refractivity contribution in [1.82, 2.24) is 5.32 Å². The normalized spacial score (nSPS) is 22.9. The third-order valence-corrected chi connectivity index (χ3v) is 2.46. The molecule has 0 aromatic rings. The summed E-state index contributed by atoms with van der Waals surface area (Å²) >= 11 is 0. The van der Waals surface area contributed by atoms with Gasteiger partial charge in [-0.25, -0.2) is 0 Å². The average molecular weight is 222 g/mol. The van der Waals surface area contributed by atoms with Crippen LogP contribution in [0.1, 0.15) is 40.0 Å². The summed E-state index contributed by atoms with van der Waals surface area (Å²) in [5, 5.41) is 3.36. The van der Waals surface area contributed by atoms with E-state index in [2.05, 4.69) is 26.1 Å². The van der Waals surface area contributed by atoms with Gasteiger partial charge in [0.05, 0.1) is 12.7 Å². The van der Waals surface area contributed by atoms with Crippen LogP contribution in [0.25, 0.3) is 0 Å². The first kappa shape index (κ1) is 14.2. The number of hydrogen-bond acceptors (Lipinski definition) is 2. The van der Waals surface area contributed by atoms with Crippen LogP contribution in [0, 0.1) is 5.41 Å². The van der Waals surface area contributed by atoms with Gasteiger partial charge >= 0.3 is 0 Å². The van der Waals surface area contributed by atoms with E-state index >= 15 is 0 Å². The summed E-state index contributed by atoms with van der Waals surface area (Å²) in [6.07, 6.45) is 4.27. The van der Waals surface area contributed by atoms with Crippen LogP contribution < -0.4 is 5.32 Å². The molecule has 1 heterocycles. The fraction of sp³-hybridized carbons (Fsp3) is 1.00. The summed E-state index contributed by atoms with van der Waals surface area (Å²) < 4.78 is 5.63. The van der Waals surface area contributed by atoms with Gasteiger partial charge in [-0.15, -0.1) is 12.4 Å². The van der Waals surface area contributed by atoms with Crippen molar-refractivity contribution in [3.05, 3.63) is 0 Å². The summed E-state index contributed by atoms with van der Waals surface area (Å²) in [4.78, 5) is 0. The Morgan fingerprint density at radius 2 is 2.07 bits per heavy atom. The molecule has 14 heavy (non-hydrogen) atoms. The second kappa shape index (κ2) is 6.65. The first-order valence-corrected chi connectivity index (χ1v) is 5.40. The van der Waals surface area contributed by atoms with Crippen LogP contribution >= 0.6 is 12.4 Å². The lowest BCUT2D eigenvalue weighted by Gasteiger charge is -2.25. The van der Waals surface area contributed by atoms with Crippen molar-refractivity contribution in [3.8, 4) is 0 Å². The van der Waals surface area contributed by atoms with E-state index in [4.69, 9.17) is 4.74 Å². The summed E-state index contributed by atoms with van der Waals surface area (Å²) in [6.45, 7) is 9.85. The van der Waals surface area contributed by atoms with Gasteiger partial charge in [0.15, 0.2) is 0 Å². The SMILES string of the molecule is CC(C)(C)CCCC1CNCCO1.Cl. The maximum atomic E-state index is 5.63. The number of nitrogens with one attached hydrogen (secondary N) is 1. The Morgan fingerprint density at radius 3 is 2.57 bits per heavy atom. The lowest BCUT2D eigenvalue weighted by molar-refractivity contribution is 0.0208. The molecule has 2 nitrogen and oxygen atoms in total. The molecule has 1 saturated heterocycles. The third-order valence-electron chi connectivity index (χ3n) is 2.46. The second-order valence-electron chi connectivity index (χ2n) is 5.15. The summed E-state index contributed by atoms with van der Waals surface area (Å²) in [6, 6.07) is 0. The highest BCUT2D eigenvalue weighted by Gasteiger charge is 2.15. The molecule has 0 aromatic carbocycles. The number of rotatable bonds is 3. The Hall–Kier alpha value is 0.210. The molecule has 86 valence electrons. The highest BCUT2D eigenvalue weighted by atomic mass is 35.5. The van der Waals surface area contributed by atoms with Crippen LogP contribution in [-0.2, 0) is 4.74 Å². The van der Waals surface area contributed by atoms with Crippen LogP contribution in [0.5, 0.6) is 0 Å². The van der Waals surface area contributed by atoms with Crippen molar-refractivity contribution in [2.24, 2.45) is 5.41 Å². The van der Waals surface area contributed by atoms with E-state index in [9.17, 15) is 0 Å². The van der Waals surface area contributed by atoms with Crippen molar-refractivity contribution < 1.29 is 4.74 Å². The minimum Gasteiger partial charge on any atom is -0.376 e. The molecule has 1 atom stereocenters. The van der Waals surface area contributed by atoms with E-state index in [0.717, 1.165) is 19.7 Å². The van der Waals surface area contributed by atoms with E-state index in [1.807, 2.05) is 0 Å². The molecule has 1 aliphatic heterocycles. The zero-order chi connectivity index (χ0) is 9.73. The highest BCUT2D eigenvalue weighted by molar-refractivity contribution is 5.85. The number of morpholine rings is 1. The average Bonchev–Trinajstić information content (AvgIpc) is 2.04. The minimum absolute atomic E-state index is 0. The van der Waals surface area contributed by atoms with Gasteiger partial charge in [0, 0.05) is 13.1 Å². The highest BCUT2D eigenvalue weighted by Crippen LogP contribution is 2.22. The summed E-state index contributed by atoms with van der Waals surface area (Å²) in [7, 11) is 0. The van der Waals surface area contributed by atoms with Crippen LogP contribution in [0.4, 0.5) is 0 Å². The van der Waals surface area contributed by atoms with E-state index in [0.29, 0.717) is 11.5 Å². The predicted molar refractivity (Wildman–Crippen MR) is 63.2 cm³/mol. The van der Waals surface area contributed by atoms with Gasteiger partial charge in [-0.2, -0.15) is 0 Å². The maximum absolute atomic E-state index is 5.63. The van der Waals surface area contributed by atoms with Crippen molar-refractivity contribution in [2.75, 3.05) is 19.7 Å². The molecule has 0 amide bonds. The van der Waals surface area contributed by atoms with Gasteiger partial charge in [0.1, 0.15) is 0 Å². The quantitative estimate of drug-likeness (QED) is 0.791.